The zero-order valence-electron chi connectivity index (χ0n) is 15.6. The Morgan fingerprint density at radius 1 is 0.933 bits per heavy atom. The van der Waals surface area contributed by atoms with Gasteiger partial charge >= 0.3 is 6.18 Å². The molecule has 30 heavy (non-hydrogen) atoms. The Morgan fingerprint density at radius 3 is 2.30 bits per heavy atom. The third-order valence-electron chi connectivity index (χ3n) is 4.17. The van der Waals surface area contributed by atoms with E-state index >= 15 is 0 Å². The van der Waals surface area contributed by atoms with Crippen molar-refractivity contribution < 1.29 is 27.5 Å². The molecular formula is C22H17F3N2O3. The van der Waals surface area contributed by atoms with Crippen LogP contribution in [0.4, 0.5) is 18.9 Å². The lowest BCUT2D eigenvalue weighted by Gasteiger charge is -2.12. The van der Waals surface area contributed by atoms with Gasteiger partial charge in [0.05, 0.1) is 5.56 Å². The van der Waals surface area contributed by atoms with Crippen molar-refractivity contribution in [3.63, 3.8) is 0 Å². The lowest BCUT2D eigenvalue weighted by Crippen LogP contribution is -2.20. The van der Waals surface area contributed by atoms with Crippen molar-refractivity contribution in [2.75, 3.05) is 11.9 Å². The molecule has 0 aromatic heterocycles. The van der Waals surface area contributed by atoms with Crippen molar-refractivity contribution in [3.8, 4) is 16.9 Å². The Hall–Kier alpha value is -3.81. The number of benzene rings is 3. The minimum Gasteiger partial charge on any atom is -0.484 e. The molecule has 0 aliphatic heterocycles. The molecular weight excluding hydrogens is 397 g/mol. The fraction of sp³-hybridized carbons (Fsp3) is 0.0909. The number of carbonyl (C=O) groups is 2. The summed E-state index contributed by atoms with van der Waals surface area (Å²) in [4.78, 5) is 23.6. The van der Waals surface area contributed by atoms with Crippen molar-refractivity contribution in [2.24, 2.45) is 5.73 Å². The molecule has 0 saturated heterocycles. The van der Waals surface area contributed by atoms with E-state index in [0.29, 0.717) is 28.1 Å². The summed E-state index contributed by atoms with van der Waals surface area (Å²) in [7, 11) is 0. The molecule has 0 fully saturated rings. The van der Waals surface area contributed by atoms with Crippen molar-refractivity contribution >= 4 is 17.5 Å². The van der Waals surface area contributed by atoms with Gasteiger partial charge in [-0.05, 0) is 41.5 Å². The first-order chi connectivity index (χ1) is 14.2. The van der Waals surface area contributed by atoms with Crippen LogP contribution in [0.25, 0.3) is 11.1 Å². The second kappa shape index (κ2) is 8.69. The predicted octanol–water partition coefficient (Wildman–Crippen LogP) is 4.49. The third-order valence-corrected chi connectivity index (χ3v) is 4.17. The van der Waals surface area contributed by atoms with Crippen molar-refractivity contribution in [2.45, 2.75) is 6.18 Å². The maximum atomic E-state index is 12.8. The maximum absolute atomic E-state index is 12.8. The molecule has 3 rings (SSSR count). The second-order valence-corrected chi connectivity index (χ2v) is 6.36. The summed E-state index contributed by atoms with van der Waals surface area (Å²) in [5.74, 6) is -0.727. The largest absolute Gasteiger partial charge is 0.484 e. The standard InChI is InChI=1S/C22H17F3N2O3/c23-22(24,25)15-10-8-14(9-11-15)18-6-1-2-7-19(18)21(29)27-16-4-3-5-17(12-16)30-13-20(26)28/h1-12H,13H2,(H2,26,28)(H,27,29). The van der Waals surface area contributed by atoms with Gasteiger partial charge in [0.1, 0.15) is 5.75 Å². The number of nitrogens with two attached hydrogens (primary N) is 1. The lowest BCUT2D eigenvalue weighted by atomic mass is 9.98. The topological polar surface area (TPSA) is 81.4 Å². The van der Waals surface area contributed by atoms with Crippen LogP contribution in [0.15, 0.2) is 72.8 Å². The third kappa shape index (κ3) is 5.16. The molecule has 0 aliphatic rings. The molecule has 2 amide bonds. The van der Waals surface area contributed by atoms with Crippen molar-refractivity contribution in [3.05, 3.63) is 83.9 Å². The summed E-state index contributed by atoms with van der Waals surface area (Å²) in [6.45, 7) is -0.297. The molecule has 0 spiro atoms. The summed E-state index contributed by atoms with van der Waals surface area (Å²) < 4.78 is 43.6. The summed E-state index contributed by atoms with van der Waals surface area (Å²) in [5.41, 5.74) is 5.96. The Balaban J connectivity index is 1.83. The Labute approximate surface area is 170 Å². The highest BCUT2D eigenvalue weighted by Crippen LogP contribution is 2.32. The van der Waals surface area contributed by atoms with Gasteiger partial charge in [0, 0.05) is 17.3 Å². The van der Waals surface area contributed by atoms with Crippen LogP contribution in [0.3, 0.4) is 0 Å². The van der Waals surface area contributed by atoms with Gasteiger partial charge < -0.3 is 15.8 Å². The first kappa shape index (κ1) is 20.9. The Kier molecular flexibility index (Phi) is 6.06. The van der Waals surface area contributed by atoms with Gasteiger partial charge in [-0.25, -0.2) is 0 Å². The Bertz CT molecular complexity index is 1060. The summed E-state index contributed by atoms with van der Waals surface area (Å²) >= 11 is 0. The van der Waals surface area contributed by atoms with E-state index < -0.39 is 23.6 Å². The highest BCUT2D eigenvalue weighted by Gasteiger charge is 2.30. The van der Waals surface area contributed by atoms with E-state index in [2.05, 4.69) is 5.32 Å². The van der Waals surface area contributed by atoms with Gasteiger partial charge in [0.2, 0.25) is 0 Å². The second-order valence-electron chi connectivity index (χ2n) is 6.36. The average Bonchev–Trinajstić information content (AvgIpc) is 2.72. The van der Waals surface area contributed by atoms with Crippen molar-refractivity contribution in [1.82, 2.24) is 0 Å². The number of amides is 2. The molecule has 3 aromatic carbocycles. The van der Waals surface area contributed by atoms with E-state index in [4.69, 9.17) is 10.5 Å². The quantitative estimate of drug-likeness (QED) is 0.624. The van der Waals surface area contributed by atoms with E-state index in [-0.39, 0.29) is 6.61 Å². The van der Waals surface area contributed by atoms with Crippen LogP contribution in [0.1, 0.15) is 15.9 Å². The number of hydrogen-bond donors (Lipinski definition) is 2. The van der Waals surface area contributed by atoms with Crippen LogP contribution in [-0.4, -0.2) is 18.4 Å². The van der Waals surface area contributed by atoms with Gasteiger partial charge in [-0.15, -0.1) is 0 Å². The predicted molar refractivity (Wildman–Crippen MR) is 106 cm³/mol. The molecule has 154 valence electrons. The monoisotopic (exact) mass is 414 g/mol. The van der Waals surface area contributed by atoms with Gasteiger partial charge in [-0.2, -0.15) is 13.2 Å². The fourth-order valence-corrected chi connectivity index (χ4v) is 2.79. The summed E-state index contributed by atoms with van der Waals surface area (Å²) in [6, 6.07) is 17.6. The molecule has 3 aromatic rings. The number of ether oxygens (including phenoxy) is 1. The smallest absolute Gasteiger partial charge is 0.416 e. The number of carbonyl (C=O) groups excluding carboxylic acids is 2. The van der Waals surface area contributed by atoms with Gasteiger partial charge in [-0.1, -0.05) is 36.4 Å². The minimum atomic E-state index is -4.43. The van der Waals surface area contributed by atoms with Crippen LogP contribution in [0.5, 0.6) is 5.75 Å². The number of hydrogen-bond acceptors (Lipinski definition) is 3. The number of alkyl halides is 3. The molecule has 0 saturated carbocycles. The number of primary amides is 1. The fourth-order valence-electron chi connectivity index (χ4n) is 2.79. The number of nitrogens with one attached hydrogen (secondary N) is 1. The SMILES string of the molecule is NC(=O)COc1cccc(NC(=O)c2ccccc2-c2ccc(C(F)(F)F)cc2)c1. The molecule has 0 aliphatic carbocycles. The molecule has 0 bridgehead atoms. The zero-order valence-corrected chi connectivity index (χ0v) is 15.6. The highest BCUT2D eigenvalue weighted by atomic mass is 19.4. The van der Waals surface area contributed by atoms with E-state index in [1.54, 1.807) is 42.5 Å². The van der Waals surface area contributed by atoms with Crippen LogP contribution >= 0.6 is 0 Å². The summed E-state index contributed by atoms with van der Waals surface area (Å²) in [5, 5.41) is 2.72. The molecule has 0 radical (unpaired) electrons. The van der Waals surface area contributed by atoms with Crippen LogP contribution in [0, 0.1) is 0 Å². The van der Waals surface area contributed by atoms with Crippen LogP contribution in [0.2, 0.25) is 0 Å². The average molecular weight is 414 g/mol. The molecule has 8 heteroatoms. The summed E-state index contributed by atoms with van der Waals surface area (Å²) in [6.07, 6.45) is -4.43. The van der Waals surface area contributed by atoms with E-state index in [1.807, 2.05) is 0 Å². The van der Waals surface area contributed by atoms with Crippen LogP contribution in [-0.2, 0) is 11.0 Å². The van der Waals surface area contributed by atoms with Gasteiger partial charge in [0.25, 0.3) is 11.8 Å². The van der Waals surface area contributed by atoms with E-state index in [1.165, 1.54) is 18.2 Å². The van der Waals surface area contributed by atoms with E-state index in [0.717, 1.165) is 12.1 Å². The number of halogens is 3. The number of rotatable bonds is 6. The lowest BCUT2D eigenvalue weighted by molar-refractivity contribution is -0.137. The minimum absolute atomic E-state index is 0.292. The van der Waals surface area contributed by atoms with Crippen LogP contribution < -0.4 is 15.8 Å². The maximum Gasteiger partial charge on any atom is 0.416 e. The normalized spacial score (nSPS) is 11.0. The van der Waals surface area contributed by atoms with Crippen molar-refractivity contribution in [1.29, 1.82) is 0 Å². The Morgan fingerprint density at radius 2 is 1.63 bits per heavy atom. The first-order valence-corrected chi connectivity index (χ1v) is 8.83. The highest BCUT2D eigenvalue weighted by molar-refractivity contribution is 6.08. The first-order valence-electron chi connectivity index (χ1n) is 8.83. The van der Waals surface area contributed by atoms with E-state index in [9.17, 15) is 22.8 Å². The molecule has 5 nitrogen and oxygen atoms in total. The number of anilines is 1. The van der Waals surface area contributed by atoms with Gasteiger partial charge in [-0.3, -0.25) is 9.59 Å². The molecule has 3 N–H and O–H groups in total. The zero-order chi connectivity index (χ0) is 21.7. The molecule has 0 unspecified atom stereocenters. The molecule has 0 atom stereocenters. The molecule has 0 heterocycles. The van der Waals surface area contributed by atoms with Gasteiger partial charge in [0.15, 0.2) is 6.61 Å².